The molecule has 0 radical (unpaired) electrons. The lowest BCUT2D eigenvalue weighted by Crippen LogP contribution is -2.53. The van der Waals surface area contributed by atoms with Gasteiger partial charge in [-0.05, 0) is 62.9 Å². The molecule has 0 bridgehead atoms. The van der Waals surface area contributed by atoms with E-state index < -0.39 is 51.7 Å². The molecule has 2 saturated heterocycles. The van der Waals surface area contributed by atoms with Gasteiger partial charge in [-0.15, -0.1) is 0 Å². The van der Waals surface area contributed by atoms with Crippen LogP contribution < -0.4 is 15.4 Å². The number of carbonyl (C=O) groups is 2. The maximum Gasteiger partial charge on any atom is 0.243 e. The topological polar surface area (TPSA) is 117 Å². The van der Waals surface area contributed by atoms with Gasteiger partial charge >= 0.3 is 0 Å². The molecule has 0 aliphatic carbocycles. The minimum absolute atomic E-state index is 0.0179. The van der Waals surface area contributed by atoms with Crippen molar-refractivity contribution in [3.63, 3.8) is 0 Å². The first-order chi connectivity index (χ1) is 20.0. The standard InChI is InChI=1S/C29H37BrF2N4O5S/c1-42(39,40)35-26(9-6-19-10-12-33-13-11-19)29(38)36-17-23(41-18-21-7-8-22(30)14-25(21)32)15-27(36)28(37)34-16-20-4-2-3-5-24(20)31/h2-5,7-8,14,19,23,26-27,33,35H,6,9-13,15-18H2,1H3,(H,34,37)/t23-,26-,27-/m1/s1. The Morgan fingerprint density at radius 3 is 2.55 bits per heavy atom. The zero-order valence-corrected chi connectivity index (χ0v) is 25.9. The van der Waals surface area contributed by atoms with E-state index in [2.05, 4.69) is 31.3 Å². The molecule has 13 heteroatoms. The van der Waals surface area contributed by atoms with Crippen molar-refractivity contribution in [3.8, 4) is 0 Å². The molecule has 2 heterocycles. The van der Waals surface area contributed by atoms with Crippen molar-refractivity contribution in [3.05, 3.63) is 69.7 Å². The van der Waals surface area contributed by atoms with Gasteiger partial charge in [0, 0.05) is 35.1 Å². The van der Waals surface area contributed by atoms with Gasteiger partial charge in [-0.1, -0.05) is 40.2 Å². The largest absolute Gasteiger partial charge is 0.371 e. The van der Waals surface area contributed by atoms with Crippen molar-refractivity contribution in [2.45, 2.75) is 63.4 Å². The number of sulfonamides is 1. The molecule has 4 rings (SSSR count). The molecule has 2 amide bonds. The summed E-state index contributed by atoms with van der Waals surface area (Å²) in [5, 5.41) is 6.00. The fourth-order valence-electron chi connectivity index (χ4n) is 5.46. The first-order valence-electron chi connectivity index (χ1n) is 14.1. The van der Waals surface area contributed by atoms with Crippen LogP contribution in [0.3, 0.4) is 0 Å². The third kappa shape index (κ3) is 9.27. The van der Waals surface area contributed by atoms with Gasteiger partial charge in [0.2, 0.25) is 21.8 Å². The van der Waals surface area contributed by atoms with E-state index in [0.29, 0.717) is 27.9 Å². The van der Waals surface area contributed by atoms with E-state index in [-0.39, 0.29) is 32.5 Å². The maximum atomic E-state index is 14.4. The predicted octanol–water partition coefficient (Wildman–Crippen LogP) is 3.23. The van der Waals surface area contributed by atoms with E-state index in [1.807, 2.05) is 0 Å². The quantitative estimate of drug-likeness (QED) is 0.319. The van der Waals surface area contributed by atoms with Gasteiger partial charge in [0.15, 0.2) is 0 Å². The summed E-state index contributed by atoms with van der Waals surface area (Å²) in [6.45, 7) is 1.61. The van der Waals surface area contributed by atoms with E-state index in [9.17, 15) is 26.8 Å². The molecule has 230 valence electrons. The van der Waals surface area contributed by atoms with Crippen LogP contribution in [0.1, 0.15) is 43.2 Å². The Kier molecular flexibility index (Phi) is 11.5. The Balaban J connectivity index is 1.50. The molecule has 2 aliphatic rings. The summed E-state index contributed by atoms with van der Waals surface area (Å²) in [6, 6.07) is 8.62. The molecule has 2 aromatic carbocycles. The highest BCUT2D eigenvalue weighted by Gasteiger charge is 2.42. The number of hydrogen-bond acceptors (Lipinski definition) is 6. The fraction of sp³-hybridized carbons (Fsp3) is 0.517. The smallest absolute Gasteiger partial charge is 0.243 e. The summed E-state index contributed by atoms with van der Waals surface area (Å²) in [5.74, 6) is -1.60. The zero-order chi connectivity index (χ0) is 30.3. The first kappa shape index (κ1) is 32.5. The lowest BCUT2D eigenvalue weighted by Gasteiger charge is -2.30. The normalized spacial score (nSPS) is 20.4. The van der Waals surface area contributed by atoms with Gasteiger partial charge in [0.1, 0.15) is 23.7 Å². The van der Waals surface area contributed by atoms with Crippen molar-refractivity contribution in [1.29, 1.82) is 0 Å². The van der Waals surface area contributed by atoms with Crippen LogP contribution in [0.15, 0.2) is 46.9 Å². The molecular weight excluding hydrogens is 634 g/mol. The van der Waals surface area contributed by atoms with Crippen molar-refractivity contribution in [2.75, 3.05) is 25.9 Å². The number of likely N-dealkylation sites (tertiary alicyclic amines) is 1. The minimum atomic E-state index is -3.74. The molecule has 42 heavy (non-hydrogen) atoms. The van der Waals surface area contributed by atoms with Crippen LogP contribution in [-0.4, -0.2) is 69.2 Å². The second-order valence-electron chi connectivity index (χ2n) is 10.9. The number of nitrogens with zero attached hydrogens (tertiary/aromatic N) is 1. The van der Waals surface area contributed by atoms with Gasteiger partial charge < -0.3 is 20.3 Å². The number of carbonyl (C=O) groups excluding carboxylic acids is 2. The second kappa shape index (κ2) is 14.8. The van der Waals surface area contributed by atoms with Crippen LogP contribution >= 0.6 is 15.9 Å². The number of halogens is 3. The van der Waals surface area contributed by atoms with Gasteiger partial charge in [0.05, 0.1) is 19.0 Å². The lowest BCUT2D eigenvalue weighted by atomic mass is 9.91. The second-order valence-corrected chi connectivity index (χ2v) is 13.6. The average Bonchev–Trinajstić information content (AvgIpc) is 3.38. The Labute approximate surface area is 253 Å². The van der Waals surface area contributed by atoms with Crippen molar-refractivity contribution in [2.24, 2.45) is 5.92 Å². The molecule has 3 N–H and O–H groups in total. The third-order valence-electron chi connectivity index (χ3n) is 7.73. The fourth-order valence-corrected chi connectivity index (χ4v) is 6.53. The van der Waals surface area contributed by atoms with Crippen LogP contribution in [0, 0.1) is 17.6 Å². The molecule has 9 nitrogen and oxygen atoms in total. The first-order valence-corrected chi connectivity index (χ1v) is 16.7. The van der Waals surface area contributed by atoms with Crippen LogP contribution in [-0.2, 0) is 37.5 Å². The van der Waals surface area contributed by atoms with Crippen LogP contribution in [0.4, 0.5) is 8.78 Å². The molecule has 2 aliphatic heterocycles. The summed E-state index contributed by atoms with van der Waals surface area (Å²) >= 11 is 3.22. The average molecular weight is 672 g/mol. The maximum absolute atomic E-state index is 14.4. The molecule has 2 fully saturated rings. The monoisotopic (exact) mass is 670 g/mol. The molecule has 0 spiro atoms. The molecular formula is C29H37BrF2N4O5S. The summed E-state index contributed by atoms with van der Waals surface area (Å²) in [5.41, 5.74) is 0.612. The molecule has 0 saturated carbocycles. The molecule has 3 atom stereocenters. The number of amides is 2. The van der Waals surface area contributed by atoms with Crippen molar-refractivity contribution < 1.29 is 31.5 Å². The Morgan fingerprint density at radius 2 is 1.86 bits per heavy atom. The number of piperidine rings is 1. The number of hydrogen-bond donors (Lipinski definition) is 3. The lowest BCUT2D eigenvalue weighted by molar-refractivity contribution is -0.140. The molecule has 2 aromatic rings. The van der Waals surface area contributed by atoms with E-state index in [0.717, 1.165) is 32.2 Å². The van der Waals surface area contributed by atoms with Gasteiger partial charge in [-0.2, -0.15) is 0 Å². The van der Waals surface area contributed by atoms with Crippen LogP contribution in [0.25, 0.3) is 0 Å². The van der Waals surface area contributed by atoms with Crippen molar-refractivity contribution in [1.82, 2.24) is 20.3 Å². The molecule has 0 unspecified atom stereocenters. The highest BCUT2D eigenvalue weighted by Crippen LogP contribution is 2.26. The Hall–Kier alpha value is -2.45. The van der Waals surface area contributed by atoms with Gasteiger partial charge in [0.25, 0.3) is 0 Å². The zero-order valence-electron chi connectivity index (χ0n) is 23.5. The highest BCUT2D eigenvalue weighted by atomic mass is 79.9. The number of ether oxygens (including phenoxy) is 1. The Bertz CT molecular complexity index is 1360. The van der Waals surface area contributed by atoms with E-state index >= 15 is 0 Å². The summed E-state index contributed by atoms with van der Waals surface area (Å²) in [7, 11) is -3.74. The number of nitrogens with one attached hydrogen (secondary N) is 3. The third-order valence-corrected chi connectivity index (χ3v) is 8.93. The summed E-state index contributed by atoms with van der Waals surface area (Å²) < 4.78 is 62.0. The predicted molar refractivity (Wildman–Crippen MR) is 158 cm³/mol. The number of rotatable bonds is 12. The van der Waals surface area contributed by atoms with E-state index in [4.69, 9.17) is 4.74 Å². The van der Waals surface area contributed by atoms with Crippen molar-refractivity contribution >= 4 is 37.8 Å². The van der Waals surface area contributed by atoms with Gasteiger partial charge in [-0.3, -0.25) is 9.59 Å². The highest BCUT2D eigenvalue weighted by molar-refractivity contribution is 9.10. The summed E-state index contributed by atoms with van der Waals surface area (Å²) in [4.78, 5) is 28.6. The number of benzene rings is 2. The van der Waals surface area contributed by atoms with Crippen LogP contribution in [0.5, 0.6) is 0 Å². The van der Waals surface area contributed by atoms with E-state index in [1.165, 1.54) is 17.0 Å². The van der Waals surface area contributed by atoms with Crippen LogP contribution in [0.2, 0.25) is 0 Å². The Morgan fingerprint density at radius 1 is 1.12 bits per heavy atom. The minimum Gasteiger partial charge on any atom is -0.371 e. The molecule has 0 aromatic heterocycles. The van der Waals surface area contributed by atoms with E-state index in [1.54, 1.807) is 30.3 Å². The summed E-state index contributed by atoms with van der Waals surface area (Å²) in [6.07, 6.45) is 3.32. The SMILES string of the molecule is CS(=O)(=O)N[C@H](CCC1CCNCC1)C(=O)N1C[C@H](OCc2ccc(Br)cc2F)C[C@@H]1C(=O)NCc1ccccc1F. The van der Waals surface area contributed by atoms with Gasteiger partial charge in [-0.25, -0.2) is 21.9 Å².